The van der Waals surface area contributed by atoms with E-state index in [1.54, 1.807) is 0 Å². The molecule has 1 unspecified atom stereocenters. The zero-order valence-corrected chi connectivity index (χ0v) is 41.1. The highest BCUT2D eigenvalue weighted by Gasteiger charge is 2.19. The Kier molecular flexibility index (Phi) is 48.8. The minimum atomic E-state index is -0.781. The lowest BCUT2D eigenvalue weighted by molar-refractivity contribution is -0.167. The third-order valence-corrected chi connectivity index (χ3v) is 11.5. The van der Waals surface area contributed by atoms with Crippen LogP contribution in [0.15, 0.2) is 48.6 Å². The molecule has 0 fully saturated rings. The van der Waals surface area contributed by atoms with Crippen molar-refractivity contribution in [3.8, 4) is 0 Å². The summed E-state index contributed by atoms with van der Waals surface area (Å²) in [6.07, 6.45) is 60.9. The zero-order valence-electron chi connectivity index (χ0n) is 41.1. The molecule has 0 spiro atoms. The number of hydrogen-bond acceptors (Lipinski definition) is 6. The molecule has 0 saturated heterocycles. The van der Waals surface area contributed by atoms with E-state index in [0.29, 0.717) is 19.3 Å². The molecule has 360 valence electrons. The third kappa shape index (κ3) is 48.4. The lowest BCUT2D eigenvalue weighted by Crippen LogP contribution is -2.30. The Balaban J connectivity index is 4.37. The molecule has 1 atom stereocenters. The van der Waals surface area contributed by atoms with Gasteiger partial charge in [-0.3, -0.25) is 14.4 Å². The predicted octanol–water partition coefficient (Wildman–Crippen LogP) is 17.5. The Hall–Kier alpha value is -2.63. The van der Waals surface area contributed by atoms with Crippen molar-refractivity contribution in [3.05, 3.63) is 48.6 Å². The molecule has 62 heavy (non-hydrogen) atoms. The van der Waals surface area contributed by atoms with Crippen LogP contribution < -0.4 is 0 Å². The molecule has 0 aromatic heterocycles. The van der Waals surface area contributed by atoms with Crippen LogP contribution in [0.25, 0.3) is 0 Å². The van der Waals surface area contributed by atoms with E-state index in [1.807, 2.05) is 0 Å². The van der Waals surface area contributed by atoms with E-state index in [1.165, 1.54) is 148 Å². The molecule has 0 aliphatic rings. The second kappa shape index (κ2) is 51.0. The lowest BCUT2D eigenvalue weighted by Gasteiger charge is -2.18. The van der Waals surface area contributed by atoms with Crippen molar-refractivity contribution >= 4 is 17.9 Å². The first kappa shape index (κ1) is 59.4. The number of ether oxygens (including phenoxy) is 3. The molecular weight excluding hydrogens is 769 g/mol. The van der Waals surface area contributed by atoms with E-state index in [2.05, 4.69) is 69.4 Å². The lowest BCUT2D eigenvalue weighted by atomic mass is 10.1. The topological polar surface area (TPSA) is 78.9 Å². The van der Waals surface area contributed by atoms with E-state index >= 15 is 0 Å². The Morgan fingerprint density at radius 2 is 0.629 bits per heavy atom. The zero-order chi connectivity index (χ0) is 45.1. The van der Waals surface area contributed by atoms with Gasteiger partial charge in [0, 0.05) is 19.3 Å². The summed E-state index contributed by atoms with van der Waals surface area (Å²) in [5.41, 5.74) is 0. The number of esters is 3. The fourth-order valence-electron chi connectivity index (χ4n) is 7.53. The van der Waals surface area contributed by atoms with Gasteiger partial charge in [-0.05, 0) is 96.3 Å². The van der Waals surface area contributed by atoms with Crippen LogP contribution in [0, 0.1) is 0 Å². The summed E-state index contributed by atoms with van der Waals surface area (Å²) < 4.78 is 16.8. The Labute approximate surface area is 384 Å². The van der Waals surface area contributed by atoms with Crippen molar-refractivity contribution in [3.63, 3.8) is 0 Å². The molecule has 0 rings (SSSR count). The minimum Gasteiger partial charge on any atom is -0.462 e. The van der Waals surface area contributed by atoms with E-state index in [4.69, 9.17) is 14.2 Å². The van der Waals surface area contributed by atoms with Gasteiger partial charge in [-0.15, -0.1) is 0 Å². The predicted molar refractivity (Wildman–Crippen MR) is 265 cm³/mol. The first-order valence-corrected chi connectivity index (χ1v) is 26.6. The van der Waals surface area contributed by atoms with Gasteiger partial charge in [-0.1, -0.05) is 204 Å². The number of allylic oxidation sites excluding steroid dienone is 8. The highest BCUT2D eigenvalue weighted by atomic mass is 16.6. The van der Waals surface area contributed by atoms with Crippen LogP contribution in [0.1, 0.15) is 271 Å². The first-order valence-electron chi connectivity index (χ1n) is 26.6. The minimum absolute atomic E-state index is 0.0807. The highest BCUT2D eigenvalue weighted by Crippen LogP contribution is 2.15. The quantitative estimate of drug-likeness (QED) is 0.0262. The van der Waals surface area contributed by atoms with Gasteiger partial charge in [0.1, 0.15) is 13.2 Å². The van der Waals surface area contributed by atoms with Crippen LogP contribution in [-0.4, -0.2) is 37.2 Å². The standard InChI is InChI=1S/C56H100O6/c1-4-7-10-13-16-19-22-25-27-28-30-31-34-37-40-43-46-49-55(58)61-52-53(51-60-54(57)48-45-42-39-36-33-24-21-18-15-12-9-6-3)62-56(59)50-47-44-41-38-35-32-29-26-23-20-17-14-11-8-5-2/h9,12,18,20-21,23,25,27,53H,4-8,10-11,13-17,19,22,24,26,28-52H2,1-3H3/b12-9-,21-18-,23-20-,27-25-. The summed E-state index contributed by atoms with van der Waals surface area (Å²) in [7, 11) is 0. The first-order chi connectivity index (χ1) is 30.5. The van der Waals surface area contributed by atoms with Gasteiger partial charge in [0.25, 0.3) is 0 Å². The Bertz CT molecular complexity index is 1090. The van der Waals surface area contributed by atoms with Gasteiger partial charge in [0.15, 0.2) is 6.10 Å². The maximum atomic E-state index is 12.8. The van der Waals surface area contributed by atoms with Crippen LogP contribution in [0.4, 0.5) is 0 Å². The van der Waals surface area contributed by atoms with Crippen molar-refractivity contribution < 1.29 is 28.6 Å². The average molecular weight is 869 g/mol. The van der Waals surface area contributed by atoms with Crippen molar-refractivity contribution in [2.45, 2.75) is 277 Å². The molecule has 0 amide bonds. The molecule has 0 heterocycles. The molecule has 0 aromatic rings. The maximum Gasteiger partial charge on any atom is 0.306 e. The van der Waals surface area contributed by atoms with Crippen LogP contribution in [0.2, 0.25) is 0 Å². The normalized spacial score (nSPS) is 12.4. The fourth-order valence-corrected chi connectivity index (χ4v) is 7.53. The summed E-state index contributed by atoms with van der Waals surface area (Å²) in [5, 5.41) is 0. The monoisotopic (exact) mass is 869 g/mol. The highest BCUT2D eigenvalue weighted by molar-refractivity contribution is 5.71. The van der Waals surface area contributed by atoms with Crippen LogP contribution in [0.3, 0.4) is 0 Å². The molecule has 6 heteroatoms. The van der Waals surface area contributed by atoms with E-state index < -0.39 is 6.10 Å². The Morgan fingerprint density at radius 3 is 1.00 bits per heavy atom. The maximum absolute atomic E-state index is 12.8. The van der Waals surface area contributed by atoms with E-state index in [-0.39, 0.29) is 31.1 Å². The summed E-state index contributed by atoms with van der Waals surface area (Å²) >= 11 is 0. The molecule has 0 bridgehead atoms. The summed E-state index contributed by atoms with van der Waals surface area (Å²) in [5.74, 6) is -0.897. The molecule has 6 nitrogen and oxygen atoms in total. The van der Waals surface area contributed by atoms with E-state index in [9.17, 15) is 14.4 Å². The van der Waals surface area contributed by atoms with Crippen molar-refractivity contribution in [2.24, 2.45) is 0 Å². The summed E-state index contributed by atoms with van der Waals surface area (Å²) in [6.45, 7) is 6.51. The van der Waals surface area contributed by atoms with Crippen molar-refractivity contribution in [2.75, 3.05) is 13.2 Å². The Morgan fingerprint density at radius 1 is 0.339 bits per heavy atom. The smallest absolute Gasteiger partial charge is 0.306 e. The largest absolute Gasteiger partial charge is 0.462 e. The van der Waals surface area contributed by atoms with Crippen LogP contribution in [0.5, 0.6) is 0 Å². The SMILES string of the molecule is CC/C=C\C/C=C\CCCCCCCC(=O)OCC(COC(=O)CCCCCCCCC/C=C\CCCCCCCC)OC(=O)CCCCCCCCC/C=C\CCCCCC. The third-order valence-electron chi connectivity index (χ3n) is 11.5. The molecule has 0 aliphatic heterocycles. The average Bonchev–Trinajstić information content (AvgIpc) is 3.27. The van der Waals surface area contributed by atoms with Crippen molar-refractivity contribution in [1.29, 1.82) is 0 Å². The van der Waals surface area contributed by atoms with Gasteiger partial charge in [-0.2, -0.15) is 0 Å². The number of hydrogen-bond donors (Lipinski definition) is 0. The summed E-state index contributed by atoms with van der Waals surface area (Å²) in [6, 6.07) is 0. The van der Waals surface area contributed by atoms with E-state index in [0.717, 1.165) is 83.5 Å². The molecule has 0 saturated carbocycles. The van der Waals surface area contributed by atoms with Crippen LogP contribution >= 0.6 is 0 Å². The molecular formula is C56H100O6. The fraction of sp³-hybridized carbons (Fsp3) is 0.804. The number of carbonyl (C=O) groups excluding carboxylic acids is 3. The molecule has 0 N–H and O–H groups in total. The number of unbranched alkanes of at least 4 members (excludes halogenated alkanes) is 29. The van der Waals surface area contributed by atoms with Crippen molar-refractivity contribution in [1.82, 2.24) is 0 Å². The van der Waals surface area contributed by atoms with Gasteiger partial charge < -0.3 is 14.2 Å². The van der Waals surface area contributed by atoms with Crippen LogP contribution in [-0.2, 0) is 28.6 Å². The van der Waals surface area contributed by atoms with Gasteiger partial charge in [-0.25, -0.2) is 0 Å². The number of carbonyl (C=O) groups is 3. The second-order valence-corrected chi connectivity index (χ2v) is 17.7. The molecule has 0 radical (unpaired) electrons. The molecule has 0 aliphatic carbocycles. The number of rotatable bonds is 48. The molecule has 0 aromatic carbocycles. The van der Waals surface area contributed by atoms with Gasteiger partial charge in [0.2, 0.25) is 0 Å². The van der Waals surface area contributed by atoms with Gasteiger partial charge in [0.05, 0.1) is 0 Å². The van der Waals surface area contributed by atoms with Gasteiger partial charge >= 0.3 is 17.9 Å². The second-order valence-electron chi connectivity index (χ2n) is 17.7. The summed E-state index contributed by atoms with van der Waals surface area (Å²) in [4.78, 5) is 38.0.